The summed E-state index contributed by atoms with van der Waals surface area (Å²) in [6.45, 7) is 5.99. The van der Waals surface area contributed by atoms with Crippen LogP contribution in [0.5, 0.6) is 0 Å². The number of carbonyl (C=O) groups excluding carboxylic acids is 1. The van der Waals surface area contributed by atoms with Crippen LogP contribution in [0, 0.1) is 5.82 Å². The Balaban J connectivity index is 1.55. The van der Waals surface area contributed by atoms with E-state index in [1.165, 1.54) is 31.6 Å². The lowest BCUT2D eigenvalue weighted by atomic mass is 10.0. The number of likely N-dealkylation sites (N-methyl/N-ethyl adjacent to an activating group) is 1. The van der Waals surface area contributed by atoms with E-state index >= 15 is 4.39 Å². The summed E-state index contributed by atoms with van der Waals surface area (Å²) >= 11 is 0. The predicted molar refractivity (Wildman–Crippen MR) is 149 cm³/mol. The molecular weight excluding hydrogens is 558 g/mol. The predicted octanol–water partition coefficient (Wildman–Crippen LogP) is 3.23. The summed E-state index contributed by atoms with van der Waals surface area (Å²) in [5, 5.41) is 2.57. The molecule has 1 N–H and O–H groups in total. The van der Waals surface area contributed by atoms with E-state index in [1.54, 1.807) is 0 Å². The second kappa shape index (κ2) is 11.7. The molecule has 4 heterocycles. The maximum absolute atomic E-state index is 15.7. The molecule has 0 radical (unpaired) electrons. The van der Waals surface area contributed by atoms with Gasteiger partial charge in [-0.2, -0.15) is 13.2 Å². The number of nitrogens with zero attached hydrogens (tertiary/aromatic N) is 6. The number of aromatic nitrogens is 3. The summed E-state index contributed by atoms with van der Waals surface area (Å²) in [7, 11) is 3.22. The van der Waals surface area contributed by atoms with Crippen molar-refractivity contribution < 1.29 is 27.1 Å². The quantitative estimate of drug-likeness (QED) is 0.454. The summed E-state index contributed by atoms with van der Waals surface area (Å²) in [6.07, 6.45) is -1.16. The van der Waals surface area contributed by atoms with Gasteiger partial charge in [-0.1, -0.05) is 0 Å². The van der Waals surface area contributed by atoms with Crippen molar-refractivity contribution in [1.29, 1.82) is 0 Å². The van der Waals surface area contributed by atoms with Gasteiger partial charge in [0, 0.05) is 81.6 Å². The topological polar surface area (TPSA) is 95.8 Å². The van der Waals surface area contributed by atoms with Crippen LogP contribution in [0.15, 0.2) is 41.6 Å². The number of hydrogen-bond acceptors (Lipinski definition) is 8. The summed E-state index contributed by atoms with van der Waals surface area (Å²) in [6, 6.07) is 3.14. The number of rotatable bonds is 5. The van der Waals surface area contributed by atoms with E-state index in [2.05, 4.69) is 20.2 Å². The van der Waals surface area contributed by atoms with Gasteiger partial charge in [-0.05, 0) is 26.1 Å². The van der Waals surface area contributed by atoms with Crippen molar-refractivity contribution in [3.05, 3.63) is 64.1 Å². The van der Waals surface area contributed by atoms with E-state index < -0.39 is 34.6 Å². The smallest absolute Gasteiger partial charge is 0.378 e. The molecule has 2 aliphatic heterocycles. The van der Waals surface area contributed by atoms with Gasteiger partial charge in [-0.3, -0.25) is 9.59 Å². The average molecular weight is 590 g/mol. The Kier molecular flexibility index (Phi) is 8.19. The molecule has 2 aliphatic rings. The average Bonchev–Trinajstić information content (AvgIpc) is 2.96. The van der Waals surface area contributed by atoms with Gasteiger partial charge in [-0.15, -0.1) is 0 Å². The monoisotopic (exact) mass is 589 g/mol. The number of benzene rings is 1. The number of alkyl halides is 3. The number of pyridine rings is 1. The number of nitrogens with one attached hydrogen (secondary N) is 1. The number of carbonyl (C=O) groups is 1. The number of halogens is 4. The molecule has 0 spiro atoms. The molecule has 3 aromatic rings. The fourth-order valence-electron chi connectivity index (χ4n) is 5.03. The summed E-state index contributed by atoms with van der Waals surface area (Å²) in [5.41, 5.74) is -2.15. The zero-order valence-corrected chi connectivity index (χ0v) is 23.4. The van der Waals surface area contributed by atoms with Gasteiger partial charge in [0.15, 0.2) is 0 Å². The molecule has 1 atom stereocenters. The Morgan fingerprint density at radius 1 is 1.02 bits per heavy atom. The van der Waals surface area contributed by atoms with Crippen molar-refractivity contribution in [3.63, 3.8) is 0 Å². The molecule has 0 bridgehead atoms. The minimum atomic E-state index is -4.94. The number of ether oxygens (including phenoxy) is 1. The van der Waals surface area contributed by atoms with Gasteiger partial charge < -0.3 is 29.3 Å². The normalized spacial score (nSPS) is 18.3. The molecule has 10 nitrogen and oxygen atoms in total. The molecule has 2 fully saturated rings. The first-order chi connectivity index (χ1) is 19.9. The lowest BCUT2D eigenvalue weighted by Gasteiger charge is -2.39. The molecule has 1 amide bonds. The van der Waals surface area contributed by atoms with Gasteiger partial charge in [-0.25, -0.2) is 14.4 Å². The zero-order chi connectivity index (χ0) is 30.2. The highest BCUT2D eigenvalue weighted by Crippen LogP contribution is 2.37. The van der Waals surface area contributed by atoms with Gasteiger partial charge in [0.25, 0.3) is 11.5 Å². The molecule has 0 saturated carbocycles. The fourth-order valence-corrected chi connectivity index (χ4v) is 5.03. The van der Waals surface area contributed by atoms with Crippen molar-refractivity contribution >= 4 is 23.2 Å². The highest BCUT2D eigenvalue weighted by atomic mass is 19.4. The number of morpholine rings is 1. The van der Waals surface area contributed by atoms with Crippen LogP contribution in [0.3, 0.4) is 0 Å². The van der Waals surface area contributed by atoms with Gasteiger partial charge in [0.05, 0.1) is 35.7 Å². The highest BCUT2D eigenvalue weighted by molar-refractivity contribution is 6.07. The molecule has 5 rings (SSSR count). The Morgan fingerprint density at radius 2 is 1.71 bits per heavy atom. The number of piperazine rings is 1. The first kappa shape index (κ1) is 29.5. The Hall–Kier alpha value is -4.04. The minimum absolute atomic E-state index is 0.0706. The van der Waals surface area contributed by atoms with E-state index in [0.29, 0.717) is 69.2 Å². The molecule has 42 heavy (non-hydrogen) atoms. The van der Waals surface area contributed by atoms with Crippen LogP contribution < -0.4 is 20.7 Å². The second-order valence-electron chi connectivity index (χ2n) is 10.5. The number of amides is 1. The fraction of sp³-hybridized carbons (Fsp3) is 0.429. The third-order valence-electron chi connectivity index (χ3n) is 7.66. The maximum atomic E-state index is 15.7. The number of anilines is 3. The van der Waals surface area contributed by atoms with E-state index in [1.807, 2.05) is 23.8 Å². The van der Waals surface area contributed by atoms with Gasteiger partial charge in [0.1, 0.15) is 5.82 Å². The molecular formula is C28H31F4N7O3. The SMILES string of the molecule is CC1CN(c2cc(F)c(-c3cnc(N4CCOCC4)nc3)cc2NC(=O)c2cn(C)c(=O)cc2C(F)(F)F)CCN1C. The molecule has 1 aromatic carbocycles. The summed E-state index contributed by atoms with van der Waals surface area (Å²) in [4.78, 5) is 40.0. The van der Waals surface area contributed by atoms with E-state index in [0.717, 1.165) is 10.8 Å². The van der Waals surface area contributed by atoms with Crippen molar-refractivity contribution in [1.82, 2.24) is 19.4 Å². The maximum Gasteiger partial charge on any atom is 0.417 e. The number of aryl methyl sites for hydroxylation is 1. The van der Waals surface area contributed by atoms with E-state index in [9.17, 15) is 22.8 Å². The van der Waals surface area contributed by atoms with E-state index in [4.69, 9.17) is 4.74 Å². The molecule has 1 unspecified atom stereocenters. The zero-order valence-electron chi connectivity index (χ0n) is 23.4. The number of hydrogen-bond donors (Lipinski definition) is 1. The van der Waals surface area contributed by atoms with Crippen LogP contribution in [-0.4, -0.2) is 84.4 Å². The Bertz CT molecular complexity index is 1520. The molecule has 224 valence electrons. The lowest BCUT2D eigenvalue weighted by Crippen LogP contribution is -2.50. The van der Waals surface area contributed by atoms with Crippen LogP contribution >= 0.6 is 0 Å². The minimum Gasteiger partial charge on any atom is -0.378 e. The van der Waals surface area contributed by atoms with Crippen LogP contribution in [0.4, 0.5) is 34.9 Å². The van der Waals surface area contributed by atoms with Gasteiger partial charge in [0.2, 0.25) is 5.95 Å². The van der Waals surface area contributed by atoms with Crippen molar-refractivity contribution in [2.24, 2.45) is 7.05 Å². The van der Waals surface area contributed by atoms with Crippen LogP contribution in [0.2, 0.25) is 0 Å². The van der Waals surface area contributed by atoms with Crippen LogP contribution in [-0.2, 0) is 18.0 Å². The molecule has 0 aliphatic carbocycles. The summed E-state index contributed by atoms with van der Waals surface area (Å²) < 4.78 is 63.3. The third kappa shape index (κ3) is 6.09. The third-order valence-corrected chi connectivity index (χ3v) is 7.66. The molecule has 14 heteroatoms. The van der Waals surface area contributed by atoms with Crippen molar-refractivity contribution in [3.8, 4) is 11.1 Å². The first-order valence-electron chi connectivity index (χ1n) is 13.5. The standard InChI is InChI=1S/C28H31F4N7O3/c1-17-15-39(5-4-36(17)2)24-12-22(29)19(18-13-33-27(34-14-18)38-6-8-42-9-7-38)10-23(24)35-26(41)20-16-37(3)25(40)11-21(20)28(30,31)32/h10-14,16-17H,4-9,15H2,1-3H3,(H,35,41). The molecule has 2 aromatic heterocycles. The first-order valence-corrected chi connectivity index (χ1v) is 13.5. The Labute approximate surface area is 239 Å². The lowest BCUT2D eigenvalue weighted by molar-refractivity contribution is -0.138. The van der Waals surface area contributed by atoms with Crippen LogP contribution in [0.25, 0.3) is 11.1 Å². The Morgan fingerprint density at radius 3 is 2.36 bits per heavy atom. The van der Waals surface area contributed by atoms with Crippen LogP contribution in [0.1, 0.15) is 22.8 Å². The van der Waals surface area contributed by atoms with Crippen molar-refractivity contribution in [2.75, 3.05) is 68.1 Å². The summed E-state index contributed by atoms with van der Waals surface area (Å²) in [5.74, 6) is -1.22. The van der Waals surface area contributed by atoms with E-state index in [-0.39, 0.29) is 17.3 Å². The highest BCUT2D eigenvalue weighted by Gasteiger charge is 2.36. The van der Waals surface area contributed by atoms with Crippen molar-refractivity contribution in [2.45, 2.75) is 19.1 Å². The second-order valence-corrected chi connectivity index (χ2v) is 10.5. The largest absolute Gasteiger partial charge is 0.417 e. The van der Waals surface area contributed by atoms with Gasteiger partial charge >= 0.3 is 6.18 Å². The molecule has 2 saturated heterocycles.